The van der Waals surface area contributed by atoms with Crippen LogP contribution in [0.5, 0.6) is 0 Å². The molecule has 110 valence electrons. The molecule has 5 nitrogen and oxygen atoms in total. The SMILES string of the molecule is CCCN(CC(=O)O)C(C)C(=O)Nc1ccccc1Br. The van der Waals surface area contributed by atoms with Crippen molar-refractivity contribution >= 4 is 33.5 Å². The van der Waals surface area contributed by atoms with E-state index in [2.05, 4.69) is 21.2 Å². The van der Waals surface area contributed by atoms with E-state index < -0.39 is 12.0 Å². The third kappa shape index (κ3) is 4.94. The number of carbonyl (C=O) groups is 2. The molecule has 0 heterocycles. The number of carboxylic acids is 1. The second-order valence-electron chi connectivity index (χ2n) is 4.51. The summed E-state index contributed by atoms with van der Waals surface area (Å²) in [7, 11) is 0. The van der Waals surface area contributed by atoms with E-state index in [4.69, 9.17) is 5.11 Å². The first-order valence-electron chi connectivity index (χ1n) is 6.47. The third-order valence-electron chi connectivity index (χ3n) is 2.91. The van der Waals surface area contributed by atoms with Gasteiger partial charge in [-0.25, -0.2) is 0 Å². The highest BCUT2D eigenvalue weighted by Crippen LogP contribution is 2.21. The summed E-state index contributed by atoms with van der Waals surface area (Å²) in [6.45, 7) is 4.09. The summed E-state index contributed by atoms with van der Waals surface area (Å²) >= 11 is 3.36. The van der Waals surface area contributed by atoms with Crippen LogP contribution in [0.4, 0.5) is 5.69 Å². The van der Waals surface area contributed by atoms with Crippen LogP contribution in [0.15, 0.2) is 28.7 Å². The minimum Gasteiger partial charge on any atom is -0.480 e. The summed E-state index contributed by atoms with van der Waals surface area (Å²) in [6, 6.07) is 6.80. The van der Waals surface area contributed by atoms with Crippen molar-refractivity contribution in [1.29, 1.82) is 0 Å². The quantitative estimate of drug-likeness (QED) is 0.798. The maximum absolute atomic E-state index is 12.2. The van der Waals surface area contributed by atoms with E-state index in [1.807, 2.05) is 25.1 Å². The van der Waals surface area contributed by atoms with Gasteiger partial charge < -0.3 is 10.4 Å². The molecule has 0 saturated carbocycles. The molecule has 0 bridgehead atoms. The van der Waals surface area contributed by atoms with Crippen LogP contribution in [0.25, 0.3) is 0 Å². The van der Waals surface area contributed by atoms with Crippen LogP contribution in [0.2, 0.25) is 0 Å². The number of nitrogens with zero attached hydrogens (tertiary/aromatic N) is 1. The Balaban J connectivity index is 2.73. The lowest BCUT2D eigenvalue weighted by Crippen LogP contribution is -2.45. The Bertz CT molecular complexity index is 479. The number of hydrogen-bond acceptors (Lipinski definition) is 3. The van der Waals surface area contributed by atoms with Gasteiger partial charge in [0, 0.05) is 4.47 Å². The molecular weight excluding hydrogens is 324 g/mol. The zero-order chi connectivity index (χ0) is 15.1. The van der Waals surface area contributed by atoms with E-state index in [0.29, 0.717) is 12.2 Å². The van der Waals surface area contributed by atoms with Crippen LogP contribution in [0, 0.1) is 0 Å². The maximum atomic E-state index is 12.2. The molecule has 1 atom stereocenters. The summed E-state index contributed by atoms with van der Waals surface area (Å²) in [5, 5.41) is 11.7. The Hall–Kier alpha value is -1.40. The molecule has 0 aliphatic heterocycles. The molecule has 1 amide bonds. The van der Waals surface area contributed by atoms with Crippen molar-refractivity contribution in [3.05, 3.63) is 28.7 Å². The average Bonchev–Trinajstić information content (AvgIpc) is 2.39. The highest BCUT2D eigenvalue weighted by Gasteiger charge is 2.23. The maximum Gasteiger partial charge on any atom is 0.317 e. The Labute approximate surface area is 127 Å². The van der Waals surface area contributed by atoms with Crippen LogP contribution in [0.1, 0.15) is 20.3 Å². The lowest BCUT2D eigenvalue weighted by Gasteiger charge is -2.26. The Kier molecular flexibility index (Phi) is 6.67. The molecule has 6 heteroatoms. The minimum atomic E-state index is -0.931. The molecule has 0 fully saturated rings. The summed E-state index contributed by atoms with van der Waals surface area (Å²) < 4.78 is 0.792. The third-order valence-corrected chi connectivity index (χ3v) is 3.60. The average molecular weight is 343 g/mol. The smallest absolute Gasteiger partial charge is 0.317 e. The molecule has 2 N–H and O–H groups in total. The van der Waals surface area contributed by atoms with Gasteiger partial charge in [-0.3, -0.25) is 14.5 Å². The van der Waals surface area contributed by atoms with Gasteiger partial charge >= 0.3 is 5.97 Å². The van der Waals surface area contributed by atoms with Gasteiger partial charge in [-0.15, -0.1) is 0 Å². The van der Waals surface area contributed by atoms with Crippen molar-refractivity contribution in [2.75, 3.05) is 18.4 Å². The van der Waals surface area contributed by atoms with Gasteiger partial charge in [-0.05, 0) is 48.0 Å². The second-order valence-corrected chi connectivity index (χ2v) is 5.36. The van der Waals surface area contributed by atoms with E-state index in [0.717, 1.165) is 10.9 Å². The van der Waals surface area contributed by atoms with Crippen molar-refractivity contribution < 1.29 is 14.7 Å². The minimum absolute atomic E-state index is 0.140. The molecule has 0 aliphatic carbocycles. The molecular formula is C14H19BrN2O3. The molecule has 20 heavy (non-hydrogen) atoms. The van der Waals surface area contributed by atoms with Crippen LogP contribution >= 0.6 is 15.9 Å². The molecule has 1 rings (SSSR count). The number of aliphatic carboxylic acids is 1. The first-order valence-corrected chi connectivity index (χ1v) is 7.26. The van der Waals surface area contributed by atoms with Crippen molar-refractivity contribution in [2.45, 2.75) is 26.3 Å². The fraction of sp³-hybridized carbons (Fsp3) is 0.429. The predicted octanol–water partition coefficient (Wildman–Crippen LogP) is 2.57. The van der Waals surface area contributed by atoms with Gasteiger partial charge in [0.2, 0.25) is 5.91 Å². The van der Waals surface area contributed by atoms with E-state index in [-0.39, 0.29) is 12.5 Å². The van der Waals surface area contributed by atoms with E-state index in [1.165, 1.54) is 0 Å². The summed E-state index contributed by atoms with van der Waals surface area (Å²) in [6.07, 6.45) is 0.792. The largest absolute Gasteiger partial charge is 0.480 e. The Morgan fingerprint density at radius 3 is 2.60 bits per heavy atom. The number of amides is 1. The summed E-state index contributed by atoms with van der Waals surface area (Å²) in [5.41, 5.74) is 0.677. The first-order chi connectivity index (χ1) is 9.45. The highest BCUT2D eigenvalue weighted by molar-refractivity contribution is 9.10. The molecule has 0 aromatic heterocycles. The molecule has 0 saturated heterocycles. The molecule has 0 aliphatic rings. The zero-order valence-corrected chi connectivity index (χ0v) is 13.2. The fourth-order valence-corrected chi connectivity index (χ4v) is 2.22. The first kappa shape index (κ1) is 16.7. The number of anilines is 1. The van der Waals surface area contributed by atoms with E-state index >= 15 is 0 Å². The molecule has 0 radical (unpaired) electrons. The zero-order valence-electron chi connectivity index (χ0n) is 11.6. The number of hydrogen-bond donors (Lipinski definition) is 2. The summed E-state index contributed by atoms with van der Waals surface area (Å²) in [5.74, 6) is -1.15. The standard InChI is InChI=1S/C14H19BrN2O3/c1-3-8-17(9-13(18)19)10(2)14(20)16-12-7-5-4-6-11(12)15/h4-7,10H,3,8-9H2,1-2H3,(H,16,20)(H,18,19). The van der Waals surface area contributed by atoms with Gasteiger partial charge in [0.15, 0.2) is 0 Å². The highest BCUT2D eigenvalue weighted by atomic mass is 79.9. The lowest BCUT2D eigenvalue weighted by molar-refractivity contribution is -0.139. The van der Waals surface area contributed by atoms with Crippen molar-refractivity contribution in [3.63, 3.8) is 0 Å². The molecule has 1 unspecified atom stereocenters. The number of carbonyl (C=O) groups excluding carboxylic acids is 1. The van der Waals surface area contributed by atoms with Crippen LogP contribution in [0.3, 0.4) is 0 Å². The van der Waals surface area contributed by atoms with Gasteiger partial charge in [0.05, 0.1) is 18.3 Å². The normalized spacial score (nSPS) is 12.2. The lowest BCUT2D eigenvalue weighted by atomic mass is 10.2. The number of benzene rings is 1. The van der Waals surface area contributed by atoms with Crippen LogP contribution in [-0.2, 0) is 9.59 Å². The Morgan fingerprint density at radius 2 is 2.05 bits per heavy atom. The number of rotatable bonds is 7. The predicted molar refractivity (Wildman–Crippen MR) is 81.7 cm³/mol. The Morgan fingerprint density at radius 1 is 1.40 bits per heavy atom. The van der Waals surface area contributed by atoms with Crippen LogP contribution in [-0.4, -0.2) is 41.0 Å². The van der Waals surface area contributed by atoms with Gasteiger partial charge in [0.25, 0.3) is 0 Å². The molecule has 1 aromatic rings. The fourth-order valence-electron chi connectivity index (χ4n) is 1.84. The van der Waals surface area contributed by atoms with Gasteiger partial charge in [-0.1, -0.05) is 19.1 Å². The van der Waals surface area contributed by atoms with Crippen LogP contribution < -0.4 is 5.32 Å². The van der Waals surface area contributed by atoms with E-state index in [1.54, 1.807) is 17.9 Å². The van der Waals surface area contributed by atoms with E-state index in [9.17, 15) is 9.59 Å². The number of halogens is 1. The van der Waals surface area contributed by atoms with Gasteiger partial charge in [0.1, 0.15) is 0 Å². The second kappa shape index (κ2) is 8.01. The van der Waals surface area contributed by atoms with Gasteiger partial charge in [-0.2, -0.15) is 0 Å². The van der Waals surface area contributed by atoms with Crippen molar-refractivity contribution in [2.24, 2.45) is 0 Å². The summed E-state index contributed by atoms with van der Waals surface area (Å²) in [4.78, 5) is 24.7. The number of para-hydroxylation sites is 1. The van der Waals surface area contributed by atoms with Crippen molar-refractivity contribution in [3.8, 4) is 0 Å². The monoisotopic (exact) mass is 342 g/mol. The number of carboxylic acid groups (broad SMARTS) is 1. The molecule has 1 aromatic carbocycles. The molecule has 0 spiro atoms. The van der Waals surface area contributed by atoms with Crippen molar-refractivity contribution in [1.82, 2.24) is 4.90 Å². The number of nitrogens with one attached hydrogen (secondary N) is 1. The topological polar surface area (TPSA) is 69.6 Å².